The van der Waals surface area contributed by atoms with Gasteiger partial charge in [0, 0.05) is 25.4 Å². The maximum absolute atomic E-state index is 12.8. The molecule has 3 aromatic carbocycles. The number of imidazole rings is 1. The molecule has 6 heteroatoms. The number of fused-ring (bicyclic) bond motifs is 1. The summed E-state index contributed by atoms with van der Waals surface area (Å²) in [6, 6.07) is 27.4. The summed E-state index contributed by atoms with van der Waals surface area (Å²) in [6.45, 7) is 1.75. The molecule has 1 fully saturated rings. The standard InChI is InChI=1S/C27H27N3O3/c31-22(19-33-23-11-5-2-6-12-23)18-30-25-14-8-7-13-24(25)28-27(30)21-15-26(32)29(17-21)16-20-9-3-1-4-10-20/h1-14,21-22,31H,15-19H2/t21-,22+/m1/s1. The van der Waals surface area contributed by atoms with Crippen LogP contribution < -0.4 is 4.74 Å². The number of nitrogens with zero attached hydrogens (tertiary/aromatic N) is 3. The van der Waals surface area contributed by atoms with Crippen LogP contribution in [-0.4, -0.2) is 44.7 Å². The van der Waals surface area contributed by atoms with Gasteiger partial charge >= 0.3 is 0 Å². The van der Waals surface area contributed by atoms with Crippen LogP contribution in [0, 0.1) is 0 Å². The average molecular weight is 442 g/mol. The Morgan fingerprint density at radius 3 is 2.45 bits per heavy atom. The Bertz CT molecular complexity index is 1220. The number of carbonyl (C=O) groups excluding carboxylic acids is 1. The molecule has 0 unspecified atom stereocenters. The summed E-state index contributed by atoms with van der Waals surface area (Å²) in [6.07, 6.45) is -0.286. The van der Waals surface area contributed by atoms with Gasteiger partial charge in [0.15, 0.2) is 0 Å². The van der Waals surface area contributed by atoms with E-state index in [1.165, 1.54) is 0 Å². The van der Waals surface area contributed by atoms with Crippen LogP contribution in [0.3, 0.4) is 0 Å². The number of ether oxygens (including phenoxy) is 1. The second-order valence-corrected chi connectivity index (χ2v) is 8.51. The second-order valence-electron chi connectivity index (χ2n) is 8.51. The number of likely N-dealkylation sites (tertiary alicyclic amines) is 1. The van der Waals surface area contributed by atoms with E-state index in [1.54, 1.807) is 0 Å². The first-order chi connectivity index (χ1) is 16.2. The highest BCUT2D eigenvalue weighted by Crippen LogP contribution is 2.31. The monoisotopic (exact) mass is 441 g/mol. The van der Waals surface area contributed by atoms with E-state index in [4.69, 9.17) is 9.72 Å². The van der Waals surface area contributed by atoms with Crippen LogP contribution in [0.25, 0.3) is 11.0 Å². The SMILES string of the molecule is O=C1C[C@@H](c2nc3ccccc3n2C[C@H](O)COc2ccccc2)CN1Cc1ccccc1. The number of carbonyl (C=O) groups is 1. The second kappa shape index (κ2) is 9.46. The van der Waals surface area contributed by atoms with Crippen LogP contribution in [0.1, 0.15) is 23.7 Å². The third-order valence-electron chi connectivity index (χ3n) is 6.06. The maximum atomic E-state index is 12.8. The first-order valence-electron chi connectivity index (χ1n) is 11.3. The van der Waals surface area contributed by atoms with Crippen LogP contribution in [0.15, 0.2) is 84.9 Å². The molecule has 0 spiro atoms. The van der Waals surface area contributed by atoms with E-state index in [9.17, 15) is 9.90 Å². The molecule has 1 amide bonds. The summed E-state index contributed by atoms with van der Waals surface area (Å²) in [7, 11) is 0. The van der Waals surface area contributed by atoms with Gasteiger partial charge in [-0.3, -0.25) is 4.79 Å². The van der Waals surface area contributed by atoms with Crippen molar-refractivity contribution >= 4 is 16.9 Å². The number of benzene rings is 3. The third kappa shape index (κ3) is 4.76. The minimum Gasteiger partial charge on any atom is -0.491 e. The van der Waals surface area contributed by atoms with Gasteiger partial charge in [0.1, 0.15) is 24.3 Å². The summed E-state index contributed by atoms with van der Waals surface area (Å²) in [5, 5.41) is 10.8. The molecule has 6 nitrogen and oxygen atoms in total. The first kappa shape index (κ1) is 21.2. The van der Waals surface area contributed by atoms with E-state index in [1.807, 2.05) is 89.8 Å². The van der Waals surface area contributed by atoms with Gasteiger partial charge < -0.3 is 19.3 Å². The molecule has 1 N–H and O–H groups in total. The van der Waals surface area contributed by atoms with E-state index < -0.39 is 6.10 Å². The Balaban J connectivity index is 1.35. The fourth-order valence-corrected chi connectivity index (χ4v) is 4.47. The molecule has 0 saturated carbocycles. The molecular weight excluding hydrogens is 414 g/mol. The summed E-state index contributed by atoms with van der Waals surface area (Å²) in [5.74, 6) is 1.69. The van der Waals surface area contributed by atoms with Gasteiger partial charge in [0.25, 0.3) is 0 Å². The average Bonchev–Trinajstić information content (AvgIpc) is 3.39. The fourth-order valence-electron chi connectivity index (χ4n) is 4.47. The molecule has 33 heavy (non-hydrogen) atoms. The molecule has 0 bridgehead atoms. The topological polar surface area (TPSA) is 67.6 Å². The minimum atomic E-state index is -0.709. The van der Waals surface area contributed by atoms with Gasteiger partial charge in [-0.1, -0.05) is 60.7 Å². The number of aliphatic hydroxyl groups excluding tert-OH is 1. The normalized spacial score (nSPS) is 16.9. The number of hydrogen-bond acceptors (Lipinski definition) is 4. The van der Waals surface area contributed by atoms with Crippen LogP contribution >= 0.6 is 0 Å². The predicted octanol–water partition coefficient (Wildman–Crippen LogP) is 3.99. The van der Waals surface area contributed by atoms with Crippen LogP contribution in [-0.2, 0) is 17.9 Å². The van der Waals surface area contributed by atoms with Crippen molar-refractivity contribution in [3.8, 4) is 5.75 Å². The maximum Gasteiger partial charge on any atom is 0.223 e. The van der Waals surface area contributed by atoms with E-state index >= 15 is 0 Å². The van der Waals surface area contributed by atoms with Crippen molar-refractivity contribution in [2.45, 2.75) is 31.5 Å². The number of hydrogen-bond donors (Lipinski definition) is 1. The number of aromatic nitrogens is 2. The highest BCUT2D eigenvalue weighted by Gasteiger charge is 2.34. The molecule has 4 aromatic rings. The molecule has 0 radical (unpaired) electrons. The quantitative estimate of drug-likeness (QED) is 0.449. The number of amides is 1. The van der Waals surface area contributed by atoms with Crippen molar-refractivity contribution in [1.29, 1.82) is 0 Å². The largest absolute Gasteiger partial charge is 0.491 e. The molecule has 1 aromatic heterocycles. The van der Waals surface area contributed by atoms with Gasteiger partial charge in [-0.2, -0.15) is 0 Å². The van der Waals surface area contributed by atoms with Crippen molar-refractivity contribution in [2.24, 2.45) is 0 Å². The zero-order chi connectivity index (χ0) is 22.6. The smallest absolute Gasteiger partial charge is 0.223 e. The zero-order valence-corrected chi connectivity index (χ0v) is 18.4. The van der Waals surface area contributed by atoms with Gasteiger partial charge in [-0.05, 0) is 29.8 Å². The van der Waals surface area contributed by atoms with E-state index in [0.717, 1.165) is 28.2 Å². The van der Waals surface area contributed by atoms with Crippen molar-refractivity contribution in [3.05, 3.63) is 96.3 Å². The fraction of sp³-hybridized carbons (Fsp3) is 0.259. The van der Waals surface area contributed by atoms with Crippen molar-refractivity contribution in [3.63, 3.8) is 0 Å². The Labute approximate surface area is 193 Å². The summed E-state index contributed by atoms with van der Waals surface area (Å²) >= 11 is 0. The molecular formula is C27H27N3O3. The lowest BCUT2D eigenvalue weighted by Crippen LogP contribution is -2.26. The van der Waals surface area contributed by atoms with Gasteiger partial charge in [-0.15, -0.1) is 0 Å². The molecule has 2 atom stereocenters. The zero-order valence-electron chi connectivity index (χ0n) is 18.4. The highest BCUT2D eigenvalue weighted by molar-refractivity contribution is 5.81. The molecule has 1 saturated heterocycles. The molecule has 1 aliphatic heterocycles. The molecule has 1 aliphatic rings. The Morgan fingerprint density at radius 1 is 0.970 bits per heavy atom. The summed E-state index contributed by atoms with van der Waals surface area (Å²) < 4.78 is 7.80. The molecule has 5 rings (SSSR count). The number of rotatable bonds is 8. The van der Waals surface area contributed by atoms with Crippen molar-refractivity contribution < 1.29 is 14.6 Å². The Hall–Kier alpha value is -3.64. The molecule has 0 aliphatic carbocycles. The minimum absolute atomic E-state index is 0.0177. The predicted molar refractivity (Wildman–Crippen MR) is 127 cm³/mol. The third-order valence-corrected chi connectivity index (χ3v) is 6.06. The number of para-hydroxylation sites is 3. The summed E-state index contributed by atoms with van der Waals surface area (Å²) in [4.78, 5) is 19.6. The Kier molecular flexibility index (Phi) is 6.09. The number of aliphatic hydroxyl groups is 1. The summed E-state index contributed by atoms with van der Waals surface area (Å²) in [5.41, 5.74) is 2.95. The van der Waals surface area contributed by atoms with E-state index in [-0.39, 0.29) is 18.4 Å². The van der Waals surface area contributed by atoms with Crippen LogP contribution in [0.2, 0.25) is 0 Å². The molecule has 2 heterocycles. The van der Waals surface area contributed by atoms with E-state index in [0.29, 0.717) is 26.1 Å². The van der Waals surface area contributed by atoms with Gasteiger partial charge in [0.2, 0.25) is 5.91 Å². The van der Waals surface area contributed by atoms with Gasteiger partial charge in [0.05, 0.1) is 17.6 Å². The lowest BCUT2D eigenvalue weighted by molar-refractivity contribution is -0.128. The van der Waals surface area contributed by atoms with Crippen LogP contribution in [0.4, 0.5) is 0 Å². The van der Waals surface area contributed by atoms with Crippen molar-refractivity contribution in [2.75, 3.05) is 13.2 Å². The van der Waals surface area contributed by atoms with Crippen molar-refractivity contribution in [1.82, 2.24) is 14.5 Å². The van der Waals surface area contributed by atoms with E-state index in [2.05, 4.69) is 4.57 Å². The Morgan fingerprint density at radius 2 is 1.67 bits per heavy atom. The first-order valence-corrected chi connectivity index (χ1v) is 11.3. The lowest BCUT2D eigenvalue weighted by atomic mass is 10.1. The van der Waals surface area contributed by atoms with Gasteiger partial charge in [-0.25, -0.2) is 4.98 Å². The van der Waals surface area contributed by atoms with Crippen LogP contribution in [0.5, 0.6) is 5.75 Å². The molecule has 168 valence electrons. The lowest BCUT2D eigenvalue weighted by Gasteiger charge is -2.19. The highest BCUT2D eigenvalue weighted by atomic mass is 16.5.